The second-order valence-corrected chi connectivity index (χ2v) is 4.42. The Morgan fingerprint density at radius 3 is 2.83 bits per heavy atom. The standard InChI is InChI=1S/C11H11FN2O3S/c1-2-5-13(6-7-15)18-9-3-4-11(14(16)17)10(12)8-9/h1,3-4,8,15H,5-7H2. The zero-order chi connectivity index (χ0) is 13.5. The highest BCUT2D eigenvalue weighted by Gasteiger charge is 2.15. The molecular formula is C11H11FN2O3S. The monoisotopic (exact) mass is 270 g/mol. The van der Waals surface area contributed by atoms with Gasteiger partial charge in [-0.25, -0.2) is 4.31 Å². The Hall–Kier alpha value is -1.62. The average Bonchev–Trinajstić information content (AvgIpc) is 2.29. The number of aliphatic hydroxyl groups is 1. The lowest BCUT2D eigenvalue weighted by molar-refractivity contribution is -0.387. The number of aliphatic hydroxyl groups excluding tert-OH is 1. The fourth-order valence-corrected chi connectivity index (χ4v) is 2.11. The third-order valence-electron chi connectivity index (χ3n) is 1.97. The number of terminal acetylenes is 1. The molecule has 0 aromatic heterocycles. The van der Waals surface area contributed by atoms with Crippen molar-refractivity contribution in [3.63, 3.8) is 0 Å². The van der Waals surface area contributed by atoms with Crippen LogP contribution >= 0.6 is 11.9 Å². The quantitative estimate of drug-likeness (QED) is 0.368. The molecule has 0 saturated heterocycles. The molecule has 0 atom stereocenters. The Kier molecular flexibility index (Phi) is 5.58. The van der Waals surface area contributed by atoms with Crippen LogP contribution in [0, 0.1) is 28.3 Å². The zero-order valence-corrected chi connectivity index (χ0v) is 10.2. The minimum Gasteiger partial charge on any atom is -0.395 e. The van der Waals surface area contributed by atoms with Crippen molar-refractivity contribution in [3.05, 3.63) is 34.1 Å². The van der Waals surface area contributed by atoms with Gasteiger partial charge in [0.1, 0.15) is 0 Å². The minimum absolute atomic E-state index is 0.0792. The summed E-state index contributed by atoms with van der Waals surface area (Å²) in [5.41, 5.74) is -0.565. The second-order valence-electron chi connectivity index (χ2n) is 3.25. The van der Waals surface area contributed by atoms with Crippen LogP contribution < -0.4 is 0 Å². The second kappa shape index (κ2) is 6.96. The van der Waals surface area contributed by atoms with Crippen molar-refractivity contribution in [2.75, 3.05) is 19.7 Å². The summed E-state index contributed by atoms with van der Waals surface area (Å²) in [6.07, 6.45) is 5.16. The number of nitrogens with zero attached hydrogens (tertiary/aromatic N) is 2. The molecule has 0 aliphatic heterocycles. The average molecular weight is 270 g/mol. The van der Waals surface area contributed by atoms with E-state index in [1.54, 1.807) is 4.31 Å². The zero-order valence-electron chi connectivity index (χ0n) is 9.38. The van der Waals surface area contributed by atoms with Crippen LogP contribution in [0.4, 0.5) is 10.1 Å². The lowest BCUT2D eigenvalue weighted by Gasteiger charge is -2.16. The van der Waals surface area contributed by atoms with Crippen LogP contribution in [0.3, 0.4) is 0 Å². The maximum absolute atomic E-state index is 13.4. The van der Waals surface area contributed by atoms with Gasteiger partial charge in [0.2, 0.25) is 5.82 Å². The van der Waals surface area contributed by atoms with Crippen molar-refractivity contribution in [2.45, 2.75) is 4.90 Å². The van der Waals surface area contributed by atoms with Crippen molar-refractivity contribution in [3.8, 4) is 12.3 Å². The van der Waals surface area contributed by atoms with E-state index < -0.39 is 16.4 Å². The van der Waals surface area contributed by atoms with Gasteiger partial charge in [-0.1, -0.05) is 5.92 Å². The highest BCUT2D eigenvalue weighted by Crippen LogP contribution is 2.26. The van der Waals surface area contributed by atoms with Crippen molar-refractivity contribution in [2.24, 2.45) is 0 Å². The van der Waals surface area contributed by atoms with Crippen LogP contribution in [0.2, 0.25) is 0 Å². The van der Waals surface area contributed by atoms with Crippen molar-refractivity contribution < 1.29 is 14.4 Å². The van der Waals surface area contributed by atoms with Gasteiger partial charge in [-0.15, -0.1) is 6.42 Å². The molecule has 18 heavy (non-hydrogen) atoms. The van der Waals surface area contributed by atoms with Gasteiger partial charge in [0.15, 0.2) is 0 Å². The van der Waals surface area contributed by atoms with Crippen molar-refractivity contribution in [1.82, 2.24) is 4.31 Å². The number of hydrogen-bond acceptors (Lipinski definition) is 5. The summed E-state index contributed by atoms with van der Waals surface area (Å²) in [4.78, 5) is 10.2. The van der Waals surface area contributed by atoms with E-state index in [1.165, 1.54) is 6.07 Å². The minimum atomic E-state index is -0.894. The first kappa shape index (κ1) is 14.4. The molecule has 1 aromatic carbocycles. The predicted octanol–water partition coefficient (Wildman–Crippen LogP) is 1.67. The Bertz CT molecular complexity index is 476. The van der Waals surface area contributed by atoms with Crippen LogP contribution in [-0.4, -0.2) is 34.0 Å². The van der Waals surface area contributed by atoms with Crippen LogP contribution in [-0.2, 0) is 0 Å². The third-order valence-corrected chi connectivity index (χ3v) is 3.00. The summed E-state index contributed by atoms with van der Waals surface area (Å²) in [5, 5.41) is 19.3. The van der Waals surface area contributed by atoms with Gasteiger partial charge in [-0.3, -0.25) is 10.1 Å². The molecular weight excluding hydrogens is 259 g/mol. The fraction of sp³-hybridized carbons (Fsp3) is 0.273. The SMILES string of the molecule is C#CCN(CCO)Sc1ccc([N+](=O)[O-])c(F)c1. The highest BCUT2D eigenvalue weighted by molar-refractivity contribution is 7.97. The normalized spacial score (nSPS) is 10.3. The maximum Gasteiger partial charge on any atom is 0.304 e. The molecule has 0 aliphatic rings. The number of halogens is 1. The number of benzene rings is 1. The first-order valence-corrected chi connectivity index (χ1v) is 5.77. The van der Waals surface area contributed by atoms with E-state index in [9.17, 15) is 14.5 Å². The van der Waals surface area contributed by atoms with E-state index in [-0.39, 0.29) is 13.2 Å². The molecule has 1 aromatic rings. The molecule has 0 spiro atoms. The van der Waals surface area contributed by atoms with Gasteiger partial charge in [-0.05, 0) is 24.1 Å². The lowest BCUT2D eigenvalue weighted by Crippen LogP contribution is -2.19. The summed E-state index contributed by atoms with van der Waals surface area (Å²) in [6, 6.07) is 3.61. The smallest absolute Gasteiger partial charge is 0.304 e. The van der Waals surface area contributed by atoms with Crippen LogP contribution in [0.5, 0.6) is 0 Å². The molecule has 1 N–H and O–H groups in total. The van der Waals surface area contributed by atoms with Crippen molar-refractivity contribution in [1.29, 1.82) is 0 Å². The summed E-state index contributed by atoms with van der Waals surface area (Å²) < 4.78 is 15.0. The topological polar surface area (TPSA) is 66.6 Å². The Balaban J connectivity index is 2.81. The van der Waals surface area contributed by atoms with Gasteiger partial charge in [0, 0.05) is 17.5 Å². The summed E-state index contributed by atoms with van der Waals surface area (Å²) in [7, 11) is 0. The van der Waals surface area contributed by atoms with E-state index >= 15 is 0 Å². The van der Waals surface area contributed by atoms with E-state index in [1.807, 2.05) is 0 Å². The molecule has 0 aliphatic carbocycles. The molecule has 7 heteroatoms. The van der Waals surface area contributed by atoms with Crippen LogP contribution in [0.15, 0.2) is 23.1 Å². The number of hydrogen-bond donors (Lipinski definition) is 1. The fourth-order valence-electron chi connectivity index (χ4n) is 1.21. The number of rotatable bonds is 6. The molecule has 1 rings (SSSR count). The molecule has 0 radical (unpaired) electrons. The van der Waals surface area contributed by atoms with Crippen LogP contribution in [0.1, 0.15) is 0 Å². The summed E-state index contributed by atoms with van der Waals surface area (Å²) in [6.45, 7) is 0.529. The van der Waals surface area contributed by atoms with Gasteiger partial charge in [0.25, 0.3) is 0 Å². The van der Waals surface area contributed by atoms with Gasteiger partial charge >= 0.3 is 5.69 Å². The van der Waals surface area contributed by atoms with Crippen LogP contribution in [0.25, 0.3) is 0 Å². The van der Waals surface area contributed by atoms with E-state index in [0.29, 0.717) is 11.4 Å². The molecule has 0 fully saturated rings. The van der Waals surface area contributed by atoms with E-state index in [0.717, 1.165) is 24.1 Å². The largest absolute Gasteiger partial charge is 0.395 e. The van der Waals surface area contributed by atoms with E-state index in [2.05, 4.69) is 5.92 Å². The summed E-state index contributed by atoms with van der Waals surface area (Å²) in [5.74, 6) is 1.52. The molecule has 96 valence electrons. The Morgan fingerprint density at radius 1 is 1.61 bits per heavy atom. The lowest BCUT2D eigenvalue weighted by atomic mass is 10.3. The Labute approximate surface area is 108 Å². The number of nitro groups is 1. The van der Waals surface area contributed by atoms with Gasteiger partial charge in [-0.2, -0.15) is 4.39 Å². The van der Waals surface area contributed by atoms with Gasteiger partial charge in [0.05, 0.1) is 18.1 Å². The predicted molar refractivity (Wildman–Crippen MR) is 66.4 cm³/mol. The molecule has 0 amide bonds. The third kappa shape index (κ3) is 4.00. The number of nitro benzene ring substituents is 1. The molecule has 0 heterocycles. The first-order valence-electron chi connectivity index (χ1n) is 4.99. The maximum atomic E-state index is 13.4. The highest BCUT2D eigenvalue weighted by atomic mass is 32.2. The van der Waals surface area contributed by atoms with Gasteiger partial charge < -0.3 is 5.11 Å². The first-order chi connectivity index (χ1) is 8.58. The Morgan fingerprint density at radius 2 is 2.33 bits per heavy atom. The van der Waals surface area contributed by atoms with Crippen molar-refractivity contribution >= 4 is 17.6 Å². The molecule has 0 bridgehead atoms. The molecule has 0 saturated carbocycles. The molecule has 0 unspecified atom stereocenters. The summed E-state index contributed by atoms with van der Waals surface area (Å²) >= 11 is 1.14. The van der Waals surface area contributed by atoms with E-state index in [4.69, 9.17) is 11.5 Å². The molecule has 5 nitrogen and oxygen atoms in total.